The first-order chi connectivity index (χ1) is 12.0. The summed E-state index contributed by atoms with van der Waals surface area (Å²) in [5, 5.41) is 8.26. The van der Waals surface area contributed by atoms with E-state index in [9.17, 15) is 30.8 Å². The van der Waals surface area contributed by atoms with E-state index in [4.69, 9.17) is 4.55 Å². The average Bonchev–Trinajstić information content (AvgIpc) is 2.46. The van der Waals surface area contributed by atoms with Crippen LogP contribution in [0.2, 0.25) is 0 Å². The van der Waals surface area contributed by atoms with Crippen LogP contribution in [0.5, 0.6) is 0 Å². The van der Waals surface area contributed by atoms with E-state index in [1.807, 2.05) is 0 Å². The van der Waals surface area contributed by atoms with Gasteiger partial charge in [-0.2, -0.15) is 8.42 Å². The normalized spacial score (nSPS) is 11.8. The molecular weight excluding hydrogens is 382 g/mol. The van der Waals surface area contributed by atoms with E-state index in [0.717, 1.165) is 6.92 Å². The minimum atomic E-state index is -4.87. The van der Waals surface area contributed by atoms with Gasteiger partial charge in [-0.05, 0) is 24.3 Å². The lowest BCUT2D eigenvalue weighted by atomic mass is 10.2. The van der Waals surface area contributed by atoms with Gasteiger partial charge in [0.25, 0.3) is 10.1 Å². The fourth-order valence-electron chi connectivity index (χ4n) is 1.82. The second-order valence-corrected chi connectivity index (χ2v) is 6.30. The number of halogens is 4. The van der Waals surface area contributed by atoms with Crippen molar-refractivity contribution in [3.8, 4) is 0 Å². The topological polar surface area (TPSA) is 108 Å². The molecule has 0 bridgehead atoms. The third-order valence-electron chi connectivity index (χ3n) is 2.88. The van der Waals surface area contributed by atoms with Crippen molar-refractivity contribution < 1.29 is 35.3 Å². The van der Waals surface area contributed by atoms with Crippen molar-refractivity contribution >= 4 is 33.1 Å². The molecule has 7 nitrogen and oxygen atoms in total. The Hall–Kier alpha value is -2.86. The van der Waals surface area contributed by atoms with Crippen LogP contribution in [0.25, 0.3) is 0 Å². The number of rotatable bonds is 4. The Balaban J connectivity index is 2.43. The van der Waals surface area contributed by atoms with E-state index < -0.39 is 55.6 Å². The van der Waals surface area contributed by atoms with Crippen molar-refractivity contribution in [3.63, 3.8) is 0 Å². The third kappa shape index (κ3) is 4.40. The third-order valence-corrected chi connectivity index (χ3v) is 3.71. The highest BCUT2D eigenvalue weighted by Gasteiger charge is 2.18. The van der Waals surface area contributed by atoms with Gasteiger partial charge in [-0.3, -0.25) is 9.35 Å². The van der Waals surface area contributed by atoms with Crippen molar-refractivity contribution in [3.05, 3.63) is 47.5 Å². The number of carbonyl (C=O) groups excluding carboxylic acids is 1. The summed E-state index contributed by atoms with van der Waals surface area (Å²) in [6, 6.07) is 1.96. The monoisotopic (exact) mass is 391 g/mol. The number of nitrogens with one attached hydrogen (secondary N) is 1. The van der Waals surface area contributed by atoms with E-state index in [2.05, 4.69) is 15.5 Å². The fraction of sp³-hybridized carbons (Fsp3) is 0.0714. The first-order valence-electron chi connectivity index (χ1n) is 6.64. The molecule has 0 atom stereocenters. The predicted molar refractivity (Wildman–Crippen MR) is 81.0 cm³/mol. The molecule has 0 aliphatic carbocycles. The Morgan fingerprint density at radius 1 is 0.923 bits per heavy atom. The van der Waals surface area contributed by atoms with Crippen LogP contribution in [0.3, 0.4) is 0 Å². The number of azo groups is 1. The molecular formula is C14H9F4N3O4S. The molecule has 2 rings (SSSR count). The summed E-state index contributed by atoms with van der Waals surface area (Å²) < 4.78 is 85.7. The van der Waals surface area contributed by atoms with E-state index in [1.54, 1.807) is 0 Å². The SMILES string of the molecule is CC(=O)Nc1cc(F)c(N=Nc2c(F)cc(S(=O)(=O)O)cc2F)c(F)c1. The Morgan fingerprint density at radius 3 is 1.65 bits per heavy atom. The number of hydrogen-bond acceptors (Lipinski definition) is 5. The molecule has 2 aromatic rings. The number of amides is 1. The first-order valence-corrected chi connectivity index (χ1v) is 8.08. The van der Waals surface area contributed by atoms with Crippen LogP contribution >= 0.6 is 0 Å². The van der Waals surface area contributed by atoms with Crippen molar-refractivity contribution in [1.82, 2.24) is 0 Å². The van der Waals surface area contributed by atoms with Crippen molar-refractivity contribution in [2.24, 2.45) is 10.2 Å². The molecule has 138 valence electrons. The van der Waals surface area contributed by atoms with Gasteiger partial charge >= 0.3 is 0 Å². The van der Waals surface area contributed by atoms with E-state index >= 15 is 0 Å². The first kappa shape index (κ1) is 19.5. The Morgan fingerprint density at radius 2 is 1.31 bits per heavy atom. The molecule has 0 aromatic heterocycles. The zero-order valence-corrected chi connectivity index (χ0v) is 13.6. The summed E-state index contributed by atoms with van der Waals surface area (Å²) in [6.07, 6.45) is 0. The zero-order valence-electron chi connectivity index (χ0n) is 12.8. The maximum atomic E-state index is 13.8. The standard InChI is InChI=1S/C14H9F4N3O4S/c1-6(22)19-7-2-9(15)13(10(16)3-7)20-21-14-11(17)4-8(5-12(14)18)26(23,24)25/h2-5H,1H3,(H,19,22)(H,23,24,25). The number of hydrogen-bond donors (Lipinski definition) is 2. The highest BCUT2D eigenvalue weighted by molar-refractivity contribution is 7.85. The van der Waals surface area contributed by atoms with Gasteiger partial charge in [0, 0.05) is 12.6 Å². The molecule has 0 unspecified atom stereocenters. The van der Waals surface area contributed by atoms with Gasteiger partial charge in [0.2, 0.25) is 5.91 Å². The Bertz CT molecular complexity index is 979. The minimum Gasteiger partial charge on any atom is -0.326 e. The van der Waals surface area contributed by atoms with Crippen LogP contribution in [-0.4, -0.2) is 18.9 Å². The van der Waals surface area contributed by atoms with Crippen LogP contribution in [0, 0.1) is 23.3 Å². The summed E-state index contributed by atoms with van der Waals surface area (Å²) in [7, 11) is -4.87. The number of carbonyl (C=O) groups is 1. The summed E-state index contributed by atoms with van der Waals surface area (Å²) in [5.74, 6) is -6.18. The molecule has 2 aromatic carbocycles. The van der Waals surface area contributed by atoms with Gasteiger partial charge in [-0.15, -0.1) is 10.2 Å². The summed E-state index contributed by atoms with van der Waals surface area (Å²) in [5.41, 5.74) is -2.32. The molecule has 12 heteroatoms. The maximum absolute atomic E-state index is 13.8. The van der Waals surface area contributed by atoms with Gasteiger partial charge in [-0.25, -0.2) is 17.6 Å². The molecule has 0 aliphatic rings. The van der Waals surface area contributed by atoms with Gasteiger partial charge in [-0.1, -0.05) is 0 Å². The number of nitrogens with zero attached hydrogens (tertiary/aromatic N) is 2. The smallest absolute Gasteiger partial charge is 0.294 e. The number of anilines is 1. The molecule has 0 spiro atoms. The maximum Gasteiger partial charge on any atom is 0.294 e. The number of benzene rings is 2. The van der Waals surface area contributed by atoms with Crippen LogP contribution in [0.4, 0.5) is 34.6 Å². The van der Waals surface area contributed by atoms with Gasteiger partial charge in [0.05, 0.1) is 4.90 Å². The lowest BCUT2D eigenvalue weighted by Crippen LogP contribution is -2.06. The predicted octanol–water partition coefficient (Wildman–Crippen LogP) is 3.86. The molecule has 0 saturated carbocycles. The van der Waals surface area contributed by atoms with Crippen LogP contribution in [0.1, 0.15) is 6.92 Å². The van der Waals surface area contributed by atoms with Crippen molar-refractivity contribution in [2.45, 2.75) is 11.8 Å². The summed E-state index contributed by atoms with van der Waals surface area (Å²) in [6.45, 7) is 1.12. The molecule has 2 N–H and O–H groups in total. The average molecular weight is 391 g/mol. The van der Waals surface area contributed by atoms with E-state index in [-0.39, 0.29) is 17.8 Å². The quantitative estimate of drug-likeness (QED) is 0.469. The van der Waals surface area contributed by atoms with Gasteiger partial charge < -0.3 is 5.32 Å². The fourth-order valence-corrected chi connectivity index (χ4v) is 2.33. The lowest BCUT2D eigenvalue weighted by Gasteiger charge is -2.05. The molecule has 0 heterocycles. The van der Waals surface area contributed by atoms with Gasteiger partial charge in [0.1, 0.15) is 0 Å². The summed E-state index contributed by atoms with van der Waals surface area (Å²) >= 11 is 0. The summed E-state index contributed by atoms with van der Waals surface area (Å²) in [4.78, 5) is 9.80. The van der Waals surface area contributed by atoms with Crippen LogP contribution in [-0.2, 0) is 14.9 Å². The second kappa shape index (κ2) is 7.17. The molecule has 0 fully saturated rings. The molecule has 26 heavy (non-hydrogen) atoms. The lowest BCUT2D eigenvalue weighted by molar-refractivity contribution is -0.114. The molecule has 1 amide bonds. The molecule has 0 aliphatic heterocycles. The largest absolute Gasteiger partial charge is 0.326 e. The Labute approximate surface area is 144 Å². The second-order valence-electron chi connectivity index (χ2n) is 4.88. The minimum absolute atomic E-state index is 0.207. The van der Waals surface area contributed by atoms with Crippen molar-refractivity contribution in [2.75, 3.05) is 5.32 Å². The van der Waals surface area contributed by atoms with E-state index in [0.29, 0.717) is 12.1 Å². The van der Waals surface area contributed by atoms with E-state index in [1.165, 1.54) is 0 Å². The van der Waals surface area contributed by atoms with Gasteiger partial charge in [0.15, 0.2) is 34.6 Å². The van der Waals surface area contributed by atoms with Crippen LogP contribution < -0.4 is 5.32 Å². The molecule has 0 saturated heterocycles. The zero-order chi connectivity index (χ0) is 19.6. The van der Waals surface area contributed by atoms with Crippen molar-refractivity contribution in [1.29, 1.82) is 0 Å². The van der Waals surface area contributed by atoms with Crippen LogP contribution in [0.15, 0.2) is 39.4 Å². The molecule has 0 radical (unpaired) electrons. The highest BCUT2D eigenvalue weighted by Crippen LogP contribution is 2.31. The Kier molecular flexibility index (Phi) is 5.37. The highest BCUT2D eigenvalue weighted by atomic mass is 32.2.